The zero-order chi connectivity index (χ0) is 18.6. The molecule has 0 saturated carbocycles. The first kappa shape index (κ1) is 18.6. The molecule has 1 atom stereocenters. The first-order valence-corrected chi connectivity index (χ1v) is 7.85. The second kappa shape index (κ2) is 7.42. The number of rotatable bonds is 7. The largest absolute Gasteiger partial charge is 0.332 e. The van der Waals surface area contributed by atoms with Crippen LogP contribution in [0.25, 0.3) is 0 Å². The lowest BCUT2D eigenvalue weighted by Crippen LogP contribution is -2.44. The maximum absolute atomic E-state index is 14.3. The van der Waals surface area contributed by atoms with E-state index in [9.17, 15) is 18.4 Å². The summed E-state index contributed by atoms with van der Waals surface area (Å²) in [6.07, 6.45) is 1.74. The molecule has 0 radical (unpaired) electrons. The average molecular weight is 346 g/mol. The van der Waals surface area contributed by atoms with Crippen LogP contribution in [0.3, 0.4) is 0 Å². The molecule has 2 aromatic rings. The third-order valence-electron chi connectivity index (χ3n) is 3.98. The van der Waals surface area contributed by atoms with Gasteiger partial charge in [-0.3, -0.25) is 13.9 Å². The second-order valence-corrected chi connectivity index (χ2v) is 5.70. The number of alkyl halides is 2. The molecular weight excluding hydrogens is 326 g/mol. The van der Waals surface area contributed by atoms with Crippen molar-refractivity contribution in [3.63, 3.8) is 0 Å². The van der Waals surface area contributed by atoms with Gasteiger partial charge in [-0.25, -0.2) is 4.79 Å². The Hall–Kier alpha value is -2.76. The maximum Gasteiger partial charge on any atom is 0.332 e. The highest BCUT2D eigenvalue weighted by Crippen LogP contribution is 2.30. The second-order valence-electron chi connectivity index (χ2n) is 5.70. The van der Waals surface area contributed by atoms with Gasteiger partial charge in [0.1, 0.15) is 0 Å². The minimum atomic E-state index is -3.36. The summed E-state index contributed by atoms with van der Waals surface area (Å²) in [5.41, 5.74) is -1.45. The van der Waals surface area contributed by atoms with Crippen LogP contribution in [-0.2, 0) is 12.5 Å². The van der Waals surface area contributed by atoms with Gasteiger partial charge in [0, 0.05) is 19.0 Å². The molecule has 0 amide bonds. The summed E-state index contributed by atoms with van der Waals surface area (Å²) >= 11 is 0. The van der Waals surface area contributed by atoms with Crippen molar-refractivity contribution >= 4 is 0 Å². The van der Waals surface area contributed by atoms with Gasteiger partial charge >= 0.3 is 5.69 Å². The smallest absolute Gasteiger partial charge is 0.288 e. The van der Waals surface area contributed by atoms with E-state index in [2.05, 4.69) is 13.2 Å². The van der Waals surface area contributed by atoms with Crippen LogP contribution in [0, 0.1) is 0 Å². The van der Waals surface area contributed by atoms with E-state index in [4.69, 9.17) is 0 Å². The Morgan fingerprint density at radius 3 is 2.36 bits per heavy atom. The lowest BCUT2D eigenvalue weighted by molar-refractivity contribution is -0.0104. The summed E-state index contributed by atoms with van der Waals surface area (Å²) in [5.74, 6) is -3.36. The van der Waals surface area contributed by atoms with E-state index < -0.39 is 35.3 Å². The molecule has 0 aliphatic heterocycles. The van der Waals surface area contributed by atoms with Gasteiger partial charge in [-0.15, -0.1) is 13.2 Å². The van der Waals surface area contributed by atoms with Crippen molar-refractivity contribution in [2.24, 2.45) is 0 Å². The van der Waals surface area contributed by atoms with Gasteiger partial charge in [0.2, 0.25) is 0 Å². The van der Waals surface area contributed by atoms with Crippen LogP contribution in [0.15, 0.2) is 71.3 Å². The van der Waals surface area contributed by atoms with E-state index in [1.54, 1.807) is 31.2 Å². The van der Waals surface area contributed by atoms with Crippen LogP contribution in [0.1, 0.15) is 30.6 Å². The van der Waals surface area contributed by atoms with Gasteiger partial charge in [0.05, 0.1) is 11.7 Å². The van der Waals surface area contributed by atoms with Gasteiger partial charge in [-0.2, -0.15) is 8.78 Å². The Labute approximate surface area is 144 Å². The van der Waals surface area contributed by atoms with Crippen LogP contribution in [-0.4, -0.2) is 9.13 Å². The molecular formula is C19H20F2N2O2. The third kappa shape index (κ3) is 3.68. The fraction of sp³-hybridized carbons (Fsp3) is 0.263. The van der Waals surface area contributed by atoms with Gasteiger partial charge in [-0.05, 0) is 12.5 Å². The van der Waals surface area contributed by atoms with E-state index in [0.717, 1.165) is 26.8 Å². The summed E-state index contributed by atoms with van der Waals surface area (Å²) in [6, 6.07) is 9.17. The van der Waals surface area contributed by atoms with Crippen LogP contribution in [0.5, 0.6) is 0 Å². The number of hydrogen-bond acceptors (Lipinski definition) is 2. The third-order valence-corrected chi connectivity index (χ3v) is 3.98. The molecule has 0 aliphatic rings. The molecule has 132 valence electrons. The fourth-order valence-electron chi connectivity index (χ4n) is 2.72. The zero-order valence-corrected chi connectivity index (χ0v) is 14.0. The van der Waals surface area contributed by atoms with Crippen molar-refractivity contribution in [2.45, 2.75) is 31.9 Å². The van der Waals surface area contributed by atoms with Crippen LogP contribution in [0.2, 0.25) is 0 Å². The zero-order valence-electron chi connectivity index (χ0n) is 14.0. The normalized spacial score (nSPS) is 12.6. The Morgan fingerprint density at radius 2 is 1.80 bits per heavy atom. The summed E-state index contributed by atoms with van der Waals surface area (Å²) < 4.78 is 30.5. The lowest BCUT2D eigenvalue weighted by atomic mass is 10.1. The minimum absolute atomic E-state index is 0.122. The predicted molar refractivity (Wildman–Crippen MR) is 94.1 cm³/mol. The van der Waals surface area contributed by atoms with Gasteiger partial charge in [0.15, 0.2) is 0 Å². The van der Waals surface area contributed by atoms with Gasteiger partial charge in [-0.1, -0.05) is 42.5 Å². The summed E-state index contributed by atoms with van der Waals surface area (Å²) in [6.45, 7) is 8.37. The Morgan fingerprint density at radius 1 is 1.16 bits per heavy atom. The van der Waals surface area contributed by atoms with Crippen molar-refractivity contribution in [2.75, 3.05) is 0 Å². The van der Waals surface area contributed by atoms with E-state index >= 15 is 0 Å². The molecule has 25 heavy (non-hydrogen) atoms. The van der Waals surface area contributed by atoms with Crippen LogP contribution < -0.4 is 11.2 Å². The molecule has 0 saturated heterocycles. The van der Waals surface area contributed by atoms with E-state index in [-0.39, 0.29) is 6.54 Å². The maximum atomic E-state index is 14.3. The highest BCUT2D eigenvalue weighted by Gasteiger charge is 2.35. The standard InChI is InChI=1S/C19H20F2N2O2/c1-4-11-19(20,21)16-13-17(24)23(18(25)22(16)12-5-2)14(3)15-9-7-6-8-10-15/h4-10,13-14H,1-2,11-12H2,3H3/t14-/m1/s1. The highest BCUT2D eigenvalue weighted by atomic mass is 19.3. The molecule has 0 unspecified atom stereocenters. The SMILES string of the molecule is C=CCn1c(C(F)(F)CC=C)cc(=O)n([C@H](C)c2ccccc2)c1=O. The fourth-order valence-corrected chi connectivity index (χ4v) is 2.72. The van der Waals surface area contributed by atoms with E-state index in [1.807, 2.05) is 6.07 Å². The molecule has 0 bridgehead atoms. The van der Waals surface area contributed by atoms with Crippen LogP contribution in [0.4, 0.5) is 8.78 Å². The average Bonchev–Trinajstić information content (AvgIpc) is 2.57. The van der Waals surface area contributed by atoms with Crippen molar-refractivity contribution in [3.05, 3.63) is 93.8 Å². The molecule has 1 heterocycles. The molecule has 1 aromatic heterocycles. The van der Waals surface area contributed by atoms with Gasteiger partial charge < -0.3 is 0 Å². The highest BCUT2D eigenvalue weighted by molar-refractivity contribution is 5.20. The first-order chi connectivity index (χ1) is 11.8. The molecule has 1 aromatic carbocycles. The number of allylic oxidation sites excluding steroid dienone is 2. The molecule has 0 aliphatic carbocycles. The van der Waals surface area contributed by atoms with E-state index in [1.165, 1.54) is 6.08 Å². The summed E-state index contributed by atoms with van der Waals surface area (Å²) in [4.78, 5) is 25.2. The lowest BCUT2D eigenvalue weighted by Gasteiger charge is -2.22. The van der Waals surface area contributed by atoms with Crippen molar-refractivity contribution in [1.82, 2.24) is 9.13 Å². The number of hydrogen-bond donors (Lipinski definition) is 0. The topological polar surface area (TPSA) is 44.0 Å². The van der Waals surface area contributed by atoms with Crippen molar-refractivity contribution in [1.29, 1.82) is 0 Å². The summed E-state index contributed by atoms with van der Waals surface area (Å²) in [5, 5.41) is 0. The predicted octanol–water partition coefficient (Wildman–Crippen LogP) is 3.47. The number of halogens is 2. The number of benzene rings is 1. The molecule has 0 fully saturated rings. The van der Waals surface area contributed by atoms with Crippen molar-refractivity contribution in [3.8, 4) is 0 Å². The molecule has 0 N–H and O–H groups in total. The minimum Gasteiger partial charge on any atom is -0.288 e. The Kier molecular flexibility index (Phi) is 5.51. The number of nitrogens with zero attached hydrogens (tertiary/aromatic N) is 2. The molecule has 6 heteroatoms. The quantitative estimate of drug-likeness (QED) is 0.721. The molecule has 4 nitrogen and oxygen atoms in total. The first-order valence-electron chi connectivity index (χ1n) is 7.85. The summed E-state index contributed by atoms with van der Waals surface area (Å²) in [7, 11) is 0. The van der Waals surface area contributed by atoms with E-state index in [0.29, 0.717) is 0 Å². The molecule has 0 spiro atoms. The molecule has 2 rings (SSSR count). The van der Waals surface area contributed by atoms with Gasteiger partial charge in [0.25, 0.3) is 11.5 Å². The number of aromatic nitrogens is 2. The Bertz CT molecular complexity index is 883. The van der Waals surface area contributed by atoms with Crippen LogP contribution >= 0.6 is 0 Å². The monoisotopic (exact) mass is 346 g/mol. The van der Waals surface area contributed by atoms with Crippen molar-refractivity contribution < 1.29 is 8.78 Å². The Balaban J connectivity index is 2.71.